The molecule has 0 saturated heterocycles. The van der Waals surface area contributed by atoms with Crippen molar-refractivity contribution in [1.29, 1.82) is 5.26 Å². The Hall–Kier alpha value is -3.99. The monoisotopic (exact) mass is 379 g/mol. The number of nitrogens with two attached hydrogens (primary N) is 1. The highest BCUT2D eigenvalue weighted by atomic mass is 16.5. The van der Waals surface area contributed by atoms with E-state index in [0.29, 0.717) is 28.3 Å². The number of ether oxygens (including phenoxy) is 2. The Kier molecular flexibility index (Phi) is 5.18. The van der Waals surface area contributed by atoms with Crippen LogP contribution in [0, 0.1) is 11.3 Å². The summed E-state index contributed by atoms with van der Waals surface area (Å²) in [5.41, 5.74) is 7.44. The van der Waals surface area contributed by atoms with Crippen LogP contribution in [-0.4, -0.2) is 29.3 Å². The summed E-state index contributed by atoms with van der Waals surface area (Å²) in [5, 5.41) is 18.8. The Morgan fingerprint density at radius 3 is 2.71 bits per heavy atom. The number of hydrogen-bond acceptors (Lipinski definition) is 7. The van der Waals surface area contributed by atoms with Gasteiger partial charge in [-0.05, 0) is 31.2 Å². The molecule has 142 valence electrons. The van der Waals surface area contributed by atoms with Crippen molar-refractivity contribution in [2.45, 2.75) is 13.0 Å². The number of aliphatic carboxylic acids is 1. The zero-order valence-corrected chi connectivity index (χ0v) is 15.2. The third-order valence-electron chi connectivity index (χ3n) is 4.06. The van der Waals surface area contributed by atoms with Crippen LogP contribution in [0.3, 0.4) is 0 Å². The number of carbonyl (C=O) groups is 1. The fourth-order valence-electron chi connectivity index (χ4n) is 2.68. The second-order valence-electron chi connectivity index (χ2n) is 5.84. The summed E-state index contributed by atoms with van der Waals surface area (Å²) in [6, 6.07) is 12.1. The van der Waals surface area contributed by atoms with Gasteiger partial charge in [0.1, 0.15) is 23.1 Å². The Morgan fingerprint density at radius 2 is 2.11 bits per heavy atom. The number of pyridine rings is 1. The summed E-state index contributed by atoms with van der Waals surface area (Å²) in [5.74, 6) is -0.132. The van der Waals surface area contributed by atoms with Gasteiger partial charge in [-0.2, -0.15) is 5.26 Å². The van der Waals surface area contributed by atoms with E-state index in [0.717, 1.165) is 0 Å². The third-order valence-corrected chi connectivity index (χ3v) is 4.06. The van der Waals surface area contributed by atoms with Gasteiger partial charge in [-0.25, -0.2) is 9.78 Å². The van der Waals surface area contributed by atoms with E-state index in [9.17, 15) is 15.2 Å². The normalized spacial score (nSPS) is 11.5. The van der Waals surface area contributed by atoms with Gasteiger partial charge >= 0.3 is 5.97 Å². The number of nitrogen functional groups attached to an aromatic ring is 1. The maximum Gasteiger partial charge on any atom is 0.344 e. The molecule has 0 aliphatic carbocycles. The second-order valence-corrected chi connectivity index (χ2v) is 5.84. The van der Waals surface area contributed by atoms with E-state index >= 15 is 0 Å². The van der Waals surface area contributed by atoms with Gasteiger partial charge in [0.15, 0.2) is 23.4 Å². The van der Waals surface area contributed by atoms with Gasteiger partial charge < -0.3 is 24.7 Å². The zero-order valence-electron chi connectivity index (χ0n) is 15.2. The van der Waals surface area contributed by atoms with Gasteiger partial charge in [-0.3, -0.25) is 0 Å². The predicted molar refractivity (Wildman–Crippen MR) is 101 cm³/mol. The molecule has 0 radical (unpaired) electrons. The Bertz CT molecular complexity index is 1050. The molecule has 2 aromatic heterocycles. The Balaban J connectivity index is 2.26. The van der Waals surface area contributed by atoms with Crippen molar-refractivity contribution >= 4 is 11.8 Å². The summed E-state index contributed by atoms with van der Waals surface area (Å²) in [6.45, 7) is 1.40. The maximum atomic E-state index is 11.3. The van der Waals surface area contributed by atoms with E-state index < -0.39 is 12.1 Å². The standard InChI is InChI=1S/C20H17N3O5/c1-11(20(24)25)28-18-12(5-3-6-17(18)26-2)13-9-15(16-7-4-8-27-16)23-19(22)14(13)10-21/h3-9,11H,1-2H3,(H2,22,23)(H,24,25)/t11-/m0/s1. The van der Waals surface area contributed by atoms with E-state index in [2.05, 4.69) is 4.98 Å². The molecule has 0 amide bonds. The van der Waals surface area contributed by atoms with Crippen molar-refractivity contribution < 1.29 is 23.8 Å². The fourth-order valence-corrected chi connectivity index (χ4v) is 2.68. The molecular formula is C20H17N3O5. The number of aromatic nitrogens is 1. The number of carboxylic acids is 1. The Labute approximate surface area is 160 Å². The minimum absolute atomic E-state index is 0.0199. The number of anilines is 1. The van der Waals surface area contributed by atoms with Crippen molar-refractivity contribution in [3.8, 4) is 40.1 Å². The molecular weight excluding hydrogens is 362 g/mol. The topological polar surface area (TPSA) is 132 Å². The van der Waals surface area contributed by atoms with Gasteiger partial charge in [-0.15, -0.1) is 0 Å². The molecule has 1 atom stereocenters. The van der Waals surface area contributed by atoms with Crippen LogP contribution >= 0.6 is 0 Å². The lowest BCUT2D eigenvalue weighted by molar-refractivity contribution is -0.144. The van der Waals surface area contributed by atoms with Crippen LogP contribution in [0.25, 0.3) is 22.6 Å². The lowest BCUT2D eigenvalue weighted by Gasteiger charge is -2.18. The summed E-state index contributed by atoms with van der Waals surface area (Å²) < 4.78 is 16.3. The minimum atomic E-state index is -1.14. The molecule has 3 N–H and O–H groups in total. The molecule has 3 aromatic rings. The molecule has 0 aliphatic heterocycles. The van der Waals surface area contributed by atoms with Gasteiger partial charge in [0, 0.05) is 11.1 Å². The molecule has 0 spiro atoms. The van der Waals surface area contributed by atoms with Crippen molar-refractivity contribution in [1.82, 2.24) is 4.98 Å². The molecule has 0 fully saturated rings. The lowest BCUT2D eigenvalue weighted by atomic mass is 9.98. The molecule has 8 nitrogen and oxygen atoms in total. The number of furan rings is 1. The second kappa shape index (κ2) is 7.72. The highest BCUT2D eigenvalue weighted by molar-refractivity contribution is 5.84. The van der Waals surface area contributed by atoms with Gasteiger partial charge in [0.2, 0.25) is 0 Å². The van der Waals surface area contributed by atoms with Crippen molar-refractivity contribution in [2.75, 3.05) is 12.8 Å². The zero-order chi connectivity index (χ0) is 20.3. The summed E-state index contributed by atoms with van der Waals surface area (Å²) >= 11 is 0. The number of nitrogens with zero attached hydrogens (tertiary/aromatic N) is 2. The first kappa shape index (κ1) is 18.8. The van der Waals surface area contributed by atoms with E-state index in [1.165, 1.54) is 20.3 Å². The Morgan fingerprint density at radius 1 is 1.32 bits per heavy atom. The van der Waals surface area contributed by atoms with Crippen LogP contribution in [0.15, 0.2) is 47.1 Å². The summed E-state index contributed by atoms with van der Waals surface area (Å²) in [7, 11) is 1.44. The van der Waals surface area contributed by atoms with Crippen molar-refractivity contribution in [2.24, 2.45) is 0 Å². The first-order chi connectivity index (χ1) is 13.5. The van der Waals surface area contributed by atoms with Crippen LogP contribution in [-0.2, 0) is 4.79 Å². The van der Waals surface area contributed by atoms with E-state index in [1.54, 1.807) is 36.4 Å². The third kappa shape index (κ3) is 3.46. The molecule has 8 heteroatoms. The van der Waals surface area contributed by atoms with Crippen molar-refractivity contribution in [3.63, 3.8) is 0 Å². The van der Waals surface area contributed by atoms with Gasteiger partial charge in [0.25, 0.3) is 0 Å². The number of benzene rings is 1. The first-order valence-electron chi connectivity index (χ1n) is 8.27. The summed E-state index contributed by atoms with van der Waals surface area (Å²) in [6.07, 6.45) is 0.365. The van der Waals surface area contributed by atoms with Crippen LogP contribution in [0.4, 0.5) is 5.82 Å². The number of rotatable bonds is 6. The molecule has 0 saturated carbocycles. The molecule has 3 rings (SSSR count). The quantitative estimate of drug-likeness (QED) is 0.666. The molecule has 28 heavy (non-hydrogen) atoms. The molecule has 0 unspecified atom stereocenters. The van der Waals surface area contributed by atoms with Crippen LogP contribution < -0.4 is 15.2 Å². The predicted octanol–water partition coefficient (Wildman–Crippen LogP) is 3.32. The minimum Gasteiger partial charge on any atom is -0.493 e. The SMILES string of the molecule is COc1cccc(-c2cc(-c3ccco3)nc(N)c2C#N)c1O[C@@H](C)C(=O)O. The van der Waals surface area contributed by atoms with Crippen LogP contribution in [0.1, 0.15) is 12.5 Å². The van der Waals surface area contributed by atoms with Crippen molar-refractivity contribution in [3.05, 3.63) is 48.2 Å². The van der Waals surface area contributed by atoms with E-state index in [1.807, 2.05) is 6.07 Å². The van der Waals surface area contributed by atoms with Crippen LogP contribution in [0.5, 0.6) is 11.5 Å². The maximum absolute atomic E-state index is 11.3. The smallest absolute Gasteiger partial charge is 0.344 e. The number of nitriles is 1. The number of carboxylic acid groups (broad SMARTS) is 1. The number of para-hydroxylation sites is 1. The lowest BCUT2D eigenvalue weighted by Crippen LogP contribution is -2.23. The molecule has 1 aromatic carbocycles. The molecule has 0 aliphatic rings. The highest BCUT2D eigenvalue weighted by Gasteiger charge is 2.23. The van der Waals surface area contributed by atoms with Gasteiger partial charge in [-0.1, -0.05) is 12.1 Å². The number of hydrogen-bond donors (Lipinski definition) is 2. The largest absolute Gasteiger partial charge is 0.493 e. The van der Waals surface area contributed by atoms with Gasteiger partial charge in [0.05, 0.1) is 13.4 Å². The number of methoxy groups -OCH3 is 1. The van der Waals surface area contributed by atoms with E-state index in [-0.39, 0.29) is 17.1 Å². The molecule has 0 bridgehead atoms. The average molecular weight is 379 g/mol. The fraction of sp³-hybridized carbons (Fsp3) is 0.150. The first-order valence-corrected chi connectivity index (χ1v) is 8.27. The highest BCUT2D eigenvalue weighted by Crippen LogP contribution is 2.42. The molecule has 2 heterocycles. The average Bonchev–Trinajstić information content (AvgIpc) is 3.22. The summed E-state index contributed by atoms with van der Waals surface area (Å²) in [4.78, 5) is 15.5. The van der Waals surface area contributed by atoms with E-state index in [4.69, 9.17) is 19.6 Å². The van der Waals surface area contributed by atoms with Crippen LogP contribution in [0.2, 0.25) is 0 Å².